The van der Waals surface area contributed by atoms with E-state index < -0.39 is 5.92 Å². The van der Waals surface area contributed by atoms with Crippen LogP contribution in [0.3, 0.4) is 0 Å². The summed E-state index contributed by atoms with van der Waals surface area (Å²) in [5.41, 5.74) is 1.75. The molecule has 0 saturated heterocycles. The molecule has 2 bridgehead atoms. The maximum atomic E-state index is 12.7. The number of carbonyl (C=O) groups excluding carboxylic acids is 2. The summed E-state index contributed by atoms with van der Waals surface area (Å²) in [5, 5.41) is 0.896. The quantitative estimate of drug-likeness (QED) is 0.518. The molecule has 1 heterocycles. The topological polar surface area (TPSA) is 47.0 Å². The summed E-state index contributed by atoms with van der Waals surface area (Å²) in [6.45, 7) is 1.97. The van der Waals surface area contributed by atoms with Crippen molar-refractivity contribution >= 4 is 45.5 Å². The van der Waals surface area contributed by atoms with E-state index >= 15 is 0 Å². The number of hydrogen-bond donors (Lipinski definition) is 0. The second-order valence-electron chi connectivity index (χ2n) is 6.41. The highest BCUT2D eigenvalue weighted by Gasteiger charge is 2.48. The molecule has 0 aliphatic heterocycles. The molecule has 2 aliphatic carbocycles. The molecule has 3 atom stereocenters. The van der Waals surface area contributed by atoms with Crippen LogP contribution in [0.1, 0.15) is 35.8 Å². The van der Waals surface area contributed by atoms with E-state index in [1.807, 2.05) is 31.2 Å². The Kier molecular flexibility index (Phi) is 3.88. The largest absolute Gasteiger partial charge is 0.298 e. The molecular weight excluding hydrogens is 421 g/mol. The number of rotatable bonds is 2. The number of nitrogens with zero attached hydrogens (tertiary/aromatic N) is 1. The van der Waals surface area contributed by atoms with Gasteiger partial charge in [0.15, 0.2) is 11.6 Å². The minimum atomic E-state index is -0.616. The first kappa shape index (κ1) is 15.4. The molecule has 2 saturated carbocycles. The standard InChI is InChI=1S/C18H16INO2S/c1-9-15(14-16(21)11-2-3-12(8-11)17(14)22)20-18(23-9)10-4-6-13(19)7-5-10/h4-7,11-12,14H,2-3,8H2,1H3/t11-,12+,14?. The number of benzene rings is 1. The minimum absolute atomic E-state index is 0.0746. The van der Waals surface area contributed by atoms with E-state index in [-0.39, 0.29) is 23.4 Å². The van der Waals surface area contributed by atoms with E-state index in [0.29, 0.717) is 5.69 Å². The minimum Gasteiger partial charge on any atom is -0.298 e. The van der Waals surface area contributed by atoms with Crippen molar-refractivity contribution in [2.45, 2.75) is 32.1 Å². The number of halogens is 1. The molecule has 2 aromatic rings. The molecule has 2 fully saturated rings. The third-order valence-electron chi connectivity index (χ3n) is 5.00. The zero-order valence-corrected chi connectivity index (χ0v) is 15.7. The molecule has 4 rings (SSSR count). The van der Waals surface area contributed by atoms with Crippen LogP contribution in [0, 0.1) is 22.3 Å². The highest BCUT2D eigenvalue weighted by atomic mass is 127. The zero-order valence-electron chi connectivity index (χ0n) is 12.7. The van der Waals surface area contributed by atoms with Crippen LogP contribution in [0.4, 0.5) is 0 Å². The smallest absolute Gasteiger partial charge is 0.152 e. The molecule has 3 nitrogen and oxygen atoms in total. The molecule has 0 spiro atoms. The lowest BCUT2D eigenvalue weighted by Crippen LogP contribution is -2.35. The van der Waals surface area contributed by atoms with Gasteiger partial charge in [-0.05, 0) is 60.9 Å². The lowest BCUT2D eigenvalue weighted by Gasteiger charge is -2.24. The number of ketones is 2. The van der Waals surface area contributed by atoms with E-state index in [9.17, 15) is 9.59 Å². The van der Waals surface area contributed by atoms with E-state index in [4.69, 9.17) is 4.98 Å². The Morgan fingerprint density at radius 3 is 2.30 bits per heavy atom. The fraction of sp³-hybridized carbons (Fsp3) is 0.389. The van der Waals surface area contributed by atoms with Gasteiger partial charge >= 0.3 is 0 Å². The first-order valence-electron chi connectivity index (χ1n) is 7.85. The molecule has 23 heavy (non-hydrogen) atoms. The maximum Gasteiger partial charge on any atom is 0.152 e. The van der Waals surface area contributed by atoms with Gasteiger partial charge < -0.3 is 0 Å². The molecule has 0 amide bonds. The van der Waals surface area contributed by atoms with Gasteiger partial charge in [-0.15, -0.1) is 11.3 Å². The molecular formula is C18H16INO2S. The Balaban J connectivity index is 1.73. The summed E-state index contributed by atoms with van der Waals surface area (Å²) in [4.78, 5) is 31.1. The monoisotopic (exact) mass is 437 g/mol. The van der Waals surface area contributed by atoms with Crippen LogP contribution in [0.2, 0.25) is 0 Å². The van der Waals surface area contributed by atoms with Gasteiger partial charge in [-0.3, -0.25) is 9.59 Å². The molecule has 118 valence electrons. The van der Waals surface area contributed by atoms with Gasteiger partial charge in [0.2, 0.25) is 0 Å². The van der Waals surface area contributed by atoms with Crippen LogP contribution in [-0.4, -0.2) is 16.6 Å². The molecule has 2 aliphatic rings. The fourth-order valence-corrected chi connectivity index (χ4v) is 5.09. The van der Waals surface area contributed by atoms with Crippen LogP contribution in [-0.2, 0) is 9.59 Å². The average Bonchev–Trinajstić information content (AvgIpc) is 3.13. The number of fused-ring (bicyclic) bond motifs is 2. The predicted molar refractivity (Wildman–Crippen MR) is 98.6 cm³/mol. The molecule has 1 aromatic heterocycles. The van der Waals surface area contributed by atoms with Crippen LogP contribution < -0.4 is 0 Å². The number of thiazole rings is 1. The molecule has 0 N–H and O–H groups in total. The molecule has 1 unspecified atom stereocenters. The van der Waals surface area contributed by atoms with Crippen LogP contribution in [0.15, 0.2) is 24.3 Å². The van der Waals surface area contributed by atoms with Crippen molar-refractivity contribution in [1.82, 2.24) is 4.98 Å². The average molecular weight is 437 g/mol. The van der Waals surface area contributed by atoms with Crippen molar-refractivity contribution in [3.05, 3.63) is 38.4 Å². The zero-order chi connectivity index (χ0) is 16.1. The van der Waals surface area contributed by atoms with Gasteiger partial charge in [0, 0.05) is 25.8 Å². The van der Waals surface area contributed by atoms with Crippen molar-refractivity contribution in [2.75, 3.05) is 0 Å². The lowest BCUT2D eigenvalue weighted by atomic mass is 9.77. The van der Waals surface area contributed by atoms with Gasteiger partial charge in [-0.25, -0.2) is 4.98 Å². The van der Waals surface area contributed by atoms with Gasteiger partial charge in [0.25, 0.3) is 0 Å². The lowest BCUT2D eigenvalue weighted by molar-refractivity contribution is -0.136. The number of carbonyl (C=O) groups is 2. The second-order valence-corrected chi connectivity index (χ2v) is 8.86. The van der Waals surface area contributed by atoms with E-state index in [1.165, 1.54) is 3.57 Å². The van der Waals surface area contributed by atoms with Crippen molar-refractivity contribution in [3.63, 3.8) is 0 Å². The Hall–Kier alpha value is -1.08. The summed E-state index contributed by atoms with van der Waals surface area (Å²) >= 11 is 3.85. The summed E-state index contributed by atoms with van der Waals surface area (Å²) in [6, 6.07) is 8.17. The summed E-state index contributed by atoms with van der Waals surface area (Å²) in [7, 11) is 0. The number of aryl methyl sites for hydroxylation is 1. The van der Waals surface area contributed by atoms with E-state index in [2.05, 4.69) is 22.6 Å². The van der Waals surface area contributed by atoms with Crippen molar-refractivity contribution in [2.24, 2.45) is 11.8 Å². The predicted octanol–water partition coefficient (Wildman–Crippen LogP) is 4.37. The third kappa shape index (κ3) is 2.58. The number of Topliss-reactive ketones (excluding diaryl/α,β-unsaturated/α-hetero) is 2. The SMILES string of the molecule is Cc1sc(-c2ccc(I)cc2)nc1C1C(=O)[C@@H]2CC[C@@H](C2)C1=O. The Labute approximate surface area is 152 Å². The van der Waals surface area contributed by atoms with Gasteiger partial charge in [-0.2, -0.15) is 0 Å². The Morgan fingerprint density at radius 1 is 1.09 bits per heavy atom. The maximum absolute atomic E-state index is 12.7. The van der Waals surface area contributed by atoms with Gasteiger partial charge in [0.1, 0.15) is 10.9 Å². The Bertz CT molecular complexity index is 774. The molecule has 1 aromatic carbocycles. The number of aromatic nitrogens is 1. The fourth-order valence-electron chi connectivity index (χ4n) is 3.77. The first-order valence-corrected chi connectivity index (χ1v) is 9.75. The Morgan fingerprint density at radius 2 is 1.70 bits per heavy atom. The van der Waals surface area contributed by atoms with Crippen molar-refractivity contribution < 1.29 is 9.59 Å². The molecule has 0 radical (unpaired) electrons. The van der Waals surface area contributed by atoms with Crippen LogP contribution in [0.5, 0.6) is 0 Å². The van der Waals surface area contributed by atoms with Crippen LogP contribution in [0.25, 0.3) is 10.6 Å². The summed E-state index contributed by atoms with van der Waals surface area (Å²) < 4.78 is 1.18. The van der Waals surface area contributed by atoms with E-state index in [0.717, 1.165) is 34.7 Å². The van der Waals surface area contributed by atoms with Gasteiger partial charge in [-0.1, -0.05) is 12.1 Å². The van der Waals surface area contributed by atoms with Crippen molar-refractivity contribution in [3.8, 4) is 10.6 Å². The molecule has 5 heteroatoms. The first-order chi connectivity index (χ1) is 11.0. The van der Waals surface area contributed by atoms with E-state index in [1.54, 1.807) is 11.3 Å². The highest BCUT2D eigenvalue weighted by molar-refractivity contribution is 14.1. The third-order valence-corrected chi connectivity index (χ3v) is 6.76. The second kappa shape index (κ2) is 5.77. The summed E-state index contributed by atoms with van der Waals surface area (Å²) in [6.07, 6.45) is 2.51. The van der Waals surface area contributed by atoms with Crippen LogP contribution >= 0.6 is 33.9 Å². The highest BCUT2D eigenvalue weighted by Crippen LogP contribution is 2.45. The number of hydrogen-bond acceptors (Lipinski definition) is 4. The van der Waals surface area contributed by atoms with Gasteiger partial charge in [0.05, 0.1) is 5.69 Å². The normalized spacial score (nSPS) is 26.8. The van der Waals surface area contributed by atoms with Crippen molar-refractivity contribution in [1.29, 1.82) is 0 Å². The summed E-state index contributed by atoms with van der Waals surface area (Å²) in [5.74, 6) is -0.260.